The van der Waals surface area contributed by atoms with E-state index in [4.69, 9.17) is 9.47 Å². The molecule has 0 N–H and O–H groups in total. The molecule has 0 saturated heterocycles. The van der Waals surface area contributed by atoms with Gasteiger partial charge in [-0.1, -0.05) is 19.1 Å². The number of halogens is 1. The summed E-state index contributed by atoms with van der Waals surface area (Å²) in [5.74, 6) is -3.11. The van der Waals surface area contributed by atoms with Gasteiger partial charge < -0.3 is 9.47 Å². The summed E-state index contributed by atoms with van der Waals surface area (Å²) in [5.41, 5.74) is 0.678. The highest BCUT2D eigenvalue weighted by molar-refractivity contribution is 5.96. The molecule has 1 atom stereocenters. The van der Waals surface area contributed by atoms with Gasteiger partial charge in [-0.2, -0.15) is 0 Å². The normalized spacial score (nSPS) is 12.1. The van der Waals surface area contributed by atoms with Crippen LogP contribution in [0.4, 0.5) is 4.39 Å². The topological polar surface area (TPSA) is 52.6 Å². The van der Waals surface area contributed by atoms with E-state index in [0.717, 1.165) is 0 Å². The monoisotopic (exact) mass is 282 g/mol. The lowest BCUT2D eigenvalue weighted by Crippen LogP contribution is -2.32. The van der Waals surface area contributed by atoms with E-state index in [-0.39, 0.29) is 19.0 Å². The van der Waals surface area contributed by atoms with E-state index >= 15 is 0 Å². The van der Waals surface area contributed by atoms with Gasteiger partial charge in [0.2, 0.25) is 0 Å². The SMILES string of the molecule is CCOC(=O)C(C(=O)OCC)[C@@H](C)c1ccc(F)cc1. The fraction of sp³-hybridized carbons (Fsp3) is 0.467. The van der Waals surface area contributed by atoms with Crippen LogP contribution in [0.3, 0.4) is 0 Å². The minimum Gasteiger partial charge on any atom is -0.465 e. The third-order valence-electron chi connectivity index (χ3n) is 2.98. The van der Waals surface area contributed by atoms with Gasteiger partial charge in [0.15, 0.2) is 5.92 Å². The number of hydrogen-bond donors (Lipinski definition) is 0. The smallest absolute Gasteiger partial charge is 0.320 e. The van der Waals surface area contributed by atoms with E-state index in [2.05, 4.69) is 0 Å². The van der Waals surface area contributed by atoms with Crippen molar-refractivity contribution >= 4 is 11.9 Å². The fourth-order valence-electron chi connectivity index (χ4n) is 1.93. The first kappa shape index (κ1) is 16.1. The molecule has 20 heavy (non-hydrogen) atoms. The molecule has 0 amide bonds. The Hall–Kier alpha value is -1.91. The van der Waals surface area contributed by atoms with E-state index in [1.807, 2.05) is 0 Å². The average molecular weight is 282 g/mol. The second kappa shape index (κ2) is 7.62. The first-order chi connectivity index (χ1) is 9.51. The summed E-state index contributed by atoms with van der Waals surface area (Å²) in [4.78, 5) is 23.9. The molecule has 0 aliphatic carbocycles. The molecule has 1 aromatic rings. The fourth-order valence-corrected chi connectivity index (χ4v) is 1.93. The Morgan fingerprint density at radius 2 is 1.50 bits per heavy atom. The first-order valence-electron chi connectivity index (χ1n) is 6.60. The number of hydrogen-bond acceptors (Lipinski definition) is 4. The number of carbonyl (C=O) groups is 2. The van der Waals surface area contributed by atoms with E-state index in [1.165, 1.54) is 12.1 Å². The summed E-state index contributed by atoms with van der Waals surface area (Å²) >= 11 is 0. The van der Waals surface area contributed by atoms with Crippen molar-refractivity contribution in [2.75, 3.05) is 13.2 Å². The van der Waals surface area contributed by atoms with Crippen molar-refractivity contribution in [1.82, 2.24) is 0 Å². The highest BCUT2D eigenvalue weighted by Crippen LogP contribution is 2.27. The molecule has 110 valence electrons. The predicted octanol–water partition coefficient (Wildman–Crippen LogP) is 2.67. The maximum Gasteiger partial charge on any atom is 0.320 e. The Bertz CT molecular complexity index is 437. The molecule has 0 aliphatic rings. The molecular formula is C15H19FO4. The third kappa shape index (κ3) is 4.05. The standard InChI is InChI=1S/C15H19FO4/c1-4-19-14(17)13(15(18)20-5-2)10(3)11-6-8-12(16)9-7-11/h6-10,13H,4-5H2,1-3H3/t10-/m0/s1. The number of ether oxygens (including phenoxy) is 2. The molecule has 0 aliphatic heterocycles. The van der Waals surface area contributed by atoms with Crippen LogP contribution in [0.5, 0.6) is 0 Å². The summed E-state index contributed by atoms with van der Waals surface area (Å²) < 4.78 is 22.8. The summed E-state index contributed by atoms with van der Waals surface area (Å²) in [6.45, 7) is 5.42. The molecule has 1 aromatic carbocycles. The van der Waals surface area contributed by atoms with Crippen LogP contribution in [-0.4, -0.2) is 25.2 Å². The second-order valence-electron chi connectivity index (χ2n) is 4.32. The third-order valence-corrected chi connectivity index (χ3v) is 2.98. The minimum absolute atomic E-state index is 0.185. The molecule has 0 saturated carbocycles. The molecule has 1 rings (SSSR count). The van der Waals surface area contributed by atoms with Gasteiger partial charge in [-0.15, -0.1) is 0 Å². The Balaban J connectivity index is 2.99. The lowest BCUT2D eigenvalue weighted by Gasteiger charge is -2.21. The van der Waals surface area contributed by atoms with Crippen LogP contribution in [0.25, 0.3) is 0 Å². The van der Waals surface area contributed by atoms with Crippen molar-refractivity contribution < 1.29 is 23.5 Å². The van der Waals surface area contributed by atoms with Crippen molar-refractivity contribution in [3.05, 3.63) is 35.6 Å². The molecule has 0 fully saturated rings. The first-order valence-corrected chi connectivity index (χ1v) is 6.60. The average Bonchev–Trinajstić information content (AvgIpc) is 2.40. The summed E-state index contributed by atoms with van der Waals surface area (Å²) in [5, 5.41) is 0. The van der Waals surface area contributed by atoms with Crippen LogP contribution in [-0.2, 0) is 19.1 Å². The second-order valence-corrected chi connectivity index (χ2v) is 4.32. The molecule has 5 heteroatoms. The van der Waals surface area contributed by atoms with Gasteiger partial charge >= 0.3 is 11.9 Å². The Labute approximate surface area is 117 Å². The van der Waals surface area contributed by atoms with Crippen molar-refractivity contribution in [3.8, 4) is 0 Å². The number of esters is 2. The van der Waals surface area contributed by atoms with Gasteiger partial charge in [-0.3, -0.25) is 9.59 Å². The van der Waals surface area contributed by atoms with Gasteiger partial charge in [0.05, 0.1) is 13.2 Å². The van der Waals surface area contributed by atoms with Crippen LogP contribution < -0.4 is 0 Å². The molecule has 0 radical (unpaired) electrons. The highest BCUT2D eigenvalue weighted by Gasteiger charge is 2.35. The molecule has 0 spiro atoms. The van der Waals surface area contributed by atoms with Crippen LogP contribution in [0.1, 0.15) is 32.3 Å². The zero-order chi connectivity index (χ0) is 15.1. The quantitative estimate of drug-likeness (QED) is 0.594. The van der Waals surface area contributed by atoms with Gasteiger partial charge in [-0.05, 0) is 31.5 Å². The van der Waals surface area contributed by atoms with Crippen LogP contribution >= 0.6 is 0 Å². The van der Waals surface area contributed by atoms with Gasteiger partial charge in [-0.25, -0.2) is 4.39 Å². The minimum atomic E-state index is -1.04. The highest BCUT2D eigenvalue weighted by atomic mass is 19.1. The lowest BCUT2D eigenvalue weighted by atomic mass is 9.87. The predicted molar refractivity (Wildman–Crippen MR) is 71.6 cm³/mol. The Morgan fingerprint density at radius 3 is 1.90 bits per heavy atom. The summed E-state index contributed by atoms with van der Waals surface area (Å²) in [6.07, 6.45) is 0. The molecule has 0 aromatic heterocycles. The maximum atomic E-state index is 12.9. The van der Waals surface area contributed by atoms with Gasteiger partial charge in [0, 0.05) is 5.92 Å². The van der Waals surface area contributed by atoms with Crippen LogP contribution in [0.2, 0.25) is 0 Å². The molecule has 0 bridgehead atoms. The van der Waals surface area contributed by atoms with Gasteiger partial charge in [0.1, 0.15) is 5.82 Å². The van der Waals surface area contributed by atoms with Gasteiger partial charge in [0.25, 0.3) is 0 Å². The summed E-state index contributed by atoms with van der Waals surface area (Å²) in [7, 11) is 0. The summed E-state index contributed by atoms with van der Waals surface area (Å²) in [6, 6.07) is 5.68. The van der Waals surface area contributed by atoms with E-state index in [9.17, 15) is 14.0 Å². The largest absolute Gasteiger partial charge is 0.465 e. The molecule has 4 nitrogen and oxygen atoms in total. The van der Waals surface area contributed by atoms with Crippen LogP contribution in [0, 0.1) is 11.7 Å². The van der Waals surface area contributed by atoms with E-state index in [1.54, 1.807) is 32.9 Å². The van der Waals surface area contributed by atoms with Crippen molar-refractivity contribution in [3.63, 3.8) is 0 Å². The van der Waals surface area contributed by atoms with Crippen molar-refractivity contribution in [2.24, 2.45) is 5.92 Å². The lowest BCUT2D eigenvalue weighted by molar-refractivity contribution is -0.162. The molecular weight excluding hydrogens is 263 g/mol. The maximum absolute atomic E-state index is 12.9. The van der Waals surface area contributed by atoms with Crippen molar-refractivity contribution in [2.45, 2.75) is 26.7 Å². The van der Waals surface area contributed by atoms with Crippen LogP contribution in [0.15, 0.2) is 24.3 Å². The number of benzene rings is 1. The Kier molecular flexibility index (Phi) is 6.15. The zero-order valence-electron chi connectivity index (χ0n) is 11.9. The van der Waals surface area contributed by atoms with E-state index in [0.29, 0.717) is 5.56 Å². The number of carbonyl (C=O) groups excluding carboxylic acids is 2. The van der Waals surface area contributed by atoms with Crippen molar-refractivity contribution in [1.29, 1.82) is 0 Å². The number of rotatable bonds is 6. The van der Waals surface area contributed by atoms with E-state index < -0.39 is 23.8 Å². The molecule has 0 heterocycles. The Morgan fingerprint density at radius 1 is 1.05 bits per heavy atom. The molecule has 0 unspecified atom stereocenters. The zero-order valence-corrected chi connectivity index (χ0v) is 11.9.